The number of aromatic nitrogens is 2. The Morgan fingerprint density at radius 1 is 1.19 bits per heavy atom. The number of esters is 1. The van der Waals surface area contributed by atoms with Crippen LogP contribution in [0.1, 0.15) is 46.0 Å². The Bertz CT molecular complexity index is 1340. The summed E-state index contributed by atoms with van der Waals surface area (Å²) in [6.07, 6.45) is 0. The number of fused-ring (bicyclic) bond motifs is 1. The van der Waals surface area contributed by atoms with Gasteiger partial charge in [-0.25, -0.2) is 4.79 Å². The molecule has 9 nitrogen and oxygen atoms in total. The van der Waals surface area contributed by atoms with Crippen LogP contribution in [-0.4, -0.2) is 46.8 Å². The number of carbonyl (C=O) groups excluding carboxylic acids is 3. The van der Waals surface area contributed by atoms with Crippen LogP contribution in [0.25, 0.3) is 0 Å². The molecule has 1 N–H and O–H groups in total. The van der Waals surface area contributed by atoms with E-state index in [0.29, 0.717) is 16.5 Å². The first-order chi connectivity index (χ1) is 17.2. The highest BCUT2D eigenvalue weighted by Gasteiger charge is 2.49. The molecule has 0 spiro atoms. The molecule has 0 aliphatic carbocycles. The second-order valence-corrected chi connectivity index (χ2v) is 9.04. The van der Waals surface area contributed by atoms with Crippen molar-refractivity contribution in [2.24, 2.45) is 0 Å². The van der Waals surface area contributed by atoms with E-state index in [2.05, 4.69) is 10.4 Å². The van der Waals surface area contributed by atoms with Crippen molar-refractivity contribution in [1.29, 1.82) is 0 Å². The normalized spacial score (nSPS) is 16.9. The standard InChI is InChI=1S/C26H27ClN4O5/c1-5-36-24(33)20-13-21-23(32)31(18-11-10-16(2)19(27)12-18)26(3,15-30(21)29-20)25(34)28-14-17-8-6-7-9-22(17)35-4/h6-13H,5,14-15H2,1-4H3,(H,28,34)/t26-/m0/s1. The third-order valence-electron chi connectivity index (χ3n) is 6.17. The average molecular weight is 511 g/mol. The molecule has 2 aromatic carbocycles. The van der Waals surface area contributed by atoms with Crippen molar-refractivity contribution in [3.05, 3.63) is 76.1 Å². The second-order valence-electron chi connectivity index (χ2n) is 8.64. The van der Waals surface area contributed by atoms with Crippen molar-refractivity contribution < 1.29 is 23.9 Å². The maximum absolute atomic E-state index is 13.8. The number of benzene rings is 2. The number of hydrogen-bond donors (Lipinski definition) is 1. The van der Waals surface area contributed by atoms with E-state index in [1.807, 2.05) is 25.1 Å². The van der Waals surface area contributed by atoms with Crippen LogP contribution >= 0.6 is 11.6 Å². The molecule has 0 bridgehead atoms. The van der Waals surface area contributed by atoms with E-state index < -0.39 is 23.3 Å². The lowest BCUT2D eigenvalue weighted by Gasteiger charge is -2.43. The summed E-state index contributed by atoms with van der Waals surface area (Å²) < 4.78 is 11.8. The average Bonchev–Trinajstić information content (AvgIpc) is 3.29. The summed E-state index contributed by atoms with van der Waals surface area (Å²) in [6.45, 7) is 5.57. The molecule has 10 heteroatoms. The van der Waals surface area contributed by atoms with Crippen molar-refractivity contribution in [2.75, 3.05) is 18.6 Å². The third kappa shape index (κ3) is 4.54. The number of anilines is 1. The molecule has 1 aliphatic heterocycles. The number of methoxy groups -OCH3 is 1. The summed E-state index contributed by atoms with van der Waals surface area (Å²) in [5.74, 6) is -0.894. The molecular formula is C26H27ClN4O5. The van der Waals surface area contributed by atoms with Crippen LogP contribution in [0.15, 0.2) is 48.5 Å². The van der Waals surface area contributed by atoms with Crippen LogP contribution < -0.4 is 15.0 Å². The Morgan fingerprint density at radius 3 is 2.64 bits per heavy atom. The SMILES string of the molecule is CCOC(=O)c1cc2n(n1)C[C@@](C)(C(=O)NCc1ccccc1OC)N(c1ccc(C)c(Cl)c1)C2=O. The lowest BCUT2D eigenvalue weighted by Crippen LogP contribution is -2.64. The Morgan fingerprint density at radius 2 is 1.94 bits per heavy atom. The van der Waals surface area contributed by atoms with E-state index in [0.717, 1.165) is 11.1 Å². The first kappa shape index (κ1) is 25.2. The van der Waals surface area contributed by atoms with Gasteiger partial charge in [-0.3, -0.25) is 19.2 Å². The number of halogens is 1. The van der Waals surface area contributed by atoms with Gasteiger partial charge in [-0.15, -0.1) is 0 Å². The smallest absolute Gasteiger partial charge is 0.358 e. The van der Waals surface area contributed by atoms with Crippen molar-refractivity contribution in [3.63, 3.8) is 0 Å². The maximum Gasteiger partial charge on any atom is 0.358 e. The number of ether oxygens (including phenoxy) is 2. The van der Waals surface area contributed by atoms with Gasteiger partial charge in [0.2, 0.25) is 5.91 Å². The highest BCUT2D eigenvalue weighted by Crippen LogP contribution is 2.35. The third-order valence-corrected chi connectivity index (χ3v) is 6.58. The van der Waals surface area contributed by atoms with Gasteiger partial charge in [-0.05, 0) is 44.5 Å². The summed E-state index contributed by atoms with van der Waals surface area (Å²) >= 11 is 6.38. The zero-order valence-corrected chi connectivity index (χ0v) is 21.3. The Balaban J connectivity index is 1.74. The van der Waals surface area contributed by atoms with Gasteiger partial charge in [0.05, 0.1) is 20.3 Å². The first-order valence-electron chi connectivity index (χ1n) is 11.5. The number of amides is 2. The van der Waals surface area contributed by atoms with Gasteiger partial charge in [-0.2, -0.15) is 5.10 Å². The van der Waals surface area contributed by atoms with Crippen LogP contribution in [0.4, 0.5) is 5.69 Å². The van der Waals surface area contributed by atoms with Gasteiger partial charge < -0.3 is 14.8 Å². The van der Waals surface area contributed by atoms with Gasteiger partial charge in [-0.1, -0.05) is 35.9 Å². The summed E-state index contributed by atoms with van der Waals surface area (Å²) in [7, 11) is 1.56. The van der Waals surface area contributed by atoms with E-state index in [1.54, 1.807) is 45.2 Å². The molecule has 0 saturated carbocycles. The molecule has 188 valence electrons. The fraction of sp³-hybridized carbons (Fsp3) is 0.308. The first-order valence-corrected chi connectivity index (χ1v) is 11.8. The molecule has 1 aromatic heterocycles. The predicted octanol–water partition coefficient (Wildman–Crippen LogP) is 3.77. The predicted molar refractivity (Wildman–Crippen MR) is 134 cm³/mol. The largest absolute Gasteiger partial charge is 0.496 e. The topological polar surface area (TPSA) is 103 Å². The minimum Gasteiger partial charge on any atom is -0.496 e. The monoisotopic (exact) mass is 510 g/mol. The molecule has 2 amide bonds. The minimum atomic E-state index is -1.39. The van der Waals surface area contributed by atoms with Crippen LogP contribution in [-0.2, 0) is 22.6 Å². The maximum atomic E-state index is 13.8. The zero-order chi connectivity index (χ0) is 26.0. The lowest BCUT2D eigenvalue weighted by atomic mass is 9.93. The Kier molecular flexibility index (Phi) is 7.03. The van der Waals surface area contributed by atoms with E-state index in [-0.39, 0.29) is 31.1 Å². The van der Waals surface area contributed by atoms with Crippen molar-refractivity contribution >= 4 is 35.1 Å². The number of nitrogens with one attached hydrogen (secondary N) is 1. The van der Waals surface area contributed by atoms with Gasteiger partial charge in [0.15, 0.2) is 5.69 Å². The number of nitrogens with zero attached hydrogens (tertiary/aromatic N) is 3. The molecule has 0 fully saturated rings. The Hall–Kier alpha value is -3.85. The number of hydrogen-bond acceptors (Lipinski definition) is 6. The lowest BCUT2D eigenvalue weighted by molar-refractivity contribution is -0.126. The molecule has 1 aliphatic rings. The van der Waals surface area contributed by atoms with Crippen LogP contribution in [0.5, 0.6) is 5.75 Å². The number of rotatable bonds is 7. The summed E-state index contributed by atoms with van der Waals surface area (Å²) in [4.78, 5) is 41.2. The zero-order valence-electron chi connectivity index (χ0n) is 20.5. The van der Waals surface area contributed by atoms with E-state index in [9.17, 15) is 14.4 Å². The van der Waals surface area contributed by atoms with Gasteiger partial charge >= 0.3 is 5.97 Å². The van der Waals surface area contributed by atoms with Gasteiger partial charge in [0, 0.05) is 28.9 Å². The van der Waals surface area contributed by atoms with Crippen LogP contribution in [0.2, 0.25) is 5.02 Å². The van der Waals surface area contributed by atoms with E-state index in [4.69, 9.17) is 21.1 Å². The molecule has 0 radical (unpaired) electrons. The summed E-state index contributed by atoms with van der Waals surface area (Å²) in [5, 5.41) is 7.67. The quantitative estimate of drug-likeness (QED) is 0.485. The molecule has 0 saturated heterocycles. The summed E-state index contributed by atoms with van der Waals surface area (Å²) in [6, 6.07) is 13.9. The van der Waals surface area contributed by atoms with E-state index >= 15 is 0 Å². The number of para-hydroxylation sites is 1. The van der Waals surface area contributed by atoms with Crippen LogP contribution in [0, 0.1) is 6.92 Å². The molecule has 36 heavy (non-hydrogen) atoms. The highest BCUT2D eigenvalue weighted by atomic mass is 35.5. The van der Waals surface area contributed by atoms with E-state index in [1.165, 1.54) is 15.6 Å². The highest BCUT2D eigenvalue weighted by molar-refractivity contribution is 6.31. The molecule has 0 unspecified atom stereocenters. The molecule has 3 aromatic rings. The van der Waals surface area contributed by atoms with Crippen LogP contribution in [0.3, 0.4) is 0 Å². The molecule has 1 atom stereocenters. The summed E-state index contributed by atoms with van der Waals surface area (Å²) in [5.41, 5.74) is 0.860. The fourth-order valence-electron chi connectivity index (χ4n) is 4.23. The van der Waals surface area contributed by atoms with Gasteiger partial charge in [0.25, 0.3) is 5.91 Å². The fourth-order valence-corrected chi connectivity index (χ4v) is 4.40. The molecule has 4 rings (SSSR count). The van der Waals surface area contributed by atoms with Crippen molar-refractivity contribution in [3.8, 4) is 5.75 Å². The van der Waals surface area contributed by atoms with Crippen molar-refractivity contribution in [2.45, 2.75) is 39.4 Å². The Labute approximate surface area is 213 Å². The number of carbonyl (C=O) groups is 3. The molecule has 2 heterocycles. The molecular weight excluding hydrogens is 484 g/mol. The minimum absolute atomic E-state index is 0.000712. The van der Waals surface area contributed by atoms with Gasteiger partial charge in [0.1, 0.15) is 17.0 Å². The van der Waals surface area contributed by atoms with Crippen molar-refractivity contribution in [1.82, 2.24) is 15.1 Å². The number of aryl methyl sites for hydroxylation is 1. The second kappa shape index (κ2) is 10.0.